The van der Waals surface area contributed by atoms with Gasteiger partial charge < -0.3 is 14.8 Å². The van der Waals surface area contributed by atoms with Crippen molar-refractivity contribution in [2.45, 2.75) is 6.92 Å². The van der Waals surface area contributed by atoms with Gasteiger partial charge in [-0.05, 0) is 37.3 Å². The number of ether oxygens (including phenoxy) is 2. The summed E-state index contributed by atoms with van der Waals surface area (Å²) in [5.74, 6) is 0.993. The van der Waals surface area contributed by atoms with E-state index in [0.29, 0.717) is 23.8 Å². The van der Waals surface area contributed by atoms with Crippen LogP contribution in [0, 0.1) is 0 Å². The van der Waals surface area contributed by atoms with Crippen molar-refractivity contribution in [2.75, 3.05) is 19.0 Å². The number of rotatable bonds is 6. The highest BCUT2D eigenvalue weighted by atomic mass is 32.1. The summed E-state index contributed by atoms with van der Waals surface area (Å²) in [6.45, 7) is 2.40. The maximum Gasteiger partial charge on any atom is 0.248 e. The van der Waals surface area contributed by atoms with Crippen LogP contribution in [-0.2, 0) is 4.79 Å². The molecule has 2 aromatic carbocycles. The molecule has 0 fully saturated rings. The quantitative estimate of drug-likeness (QED) is 0.668. The Balaban J connectivity index is 1.75. The Morgan fingerprint density at radius 3 is 2.88 bits per heavy atom. The summed E-state index contributed by atoms with van der Waals surface area (Å²) < 4.78 is 11.8. The normalized spacial score (nSPS) is 11.0. The van der Waals surface area contributed by atoms with Crippen LogP contribution in [0.2, 0.25) is 0 Å². The Hall–Kier alpha value is -2.86. The molecular weight excluding hydrogens is 336 g/mol. The molecule has 6 heteroatoms. The predicted octanol–water partition coefficient (Wildman–Crippen LogP) is 4.36. The van der Waals surface area contributed by atoms with Gasteiger partial charge in [-0.2, -0.15) is 0 Å². The lowest BCUT2D eigenvalue weighted by atomic mass is 10.2. The van der Waals surface area contributed by atoms with Crippen LogP contribution in [0.25, 0.3) is 16.3 Å². The number of para-hydroxylation sites is 1. The van der Waals surface area contributed by atoms with E-state index in [0.717, 1.165) is 15.2 Å². The van der Waals surface area contributed by atoms with Gasteiger partial charge in [-0.1, -0.05) is 12.1 Å². The van der Waals surface area contributed by atoms with E-state index in [1.54, 1.807) is 42.7 Å². The van der Waals surface area contributed by atoms with E-state index < -0.39 is 0 Å². The van der Waals surface area contributed by atoms with E-state index in [1.807, 2.05) is 31.2 Å². The molecule has 3 rings (SSSR count). The first kappa shape index (κ1) is 17.0. The van der Waals surface area contributed by atoms with Gasteiger partial charge in [0.15, 0.2) is 0 Å². The standard InChI is InChI=1S/C19H18N2O3S/c1-3-24-16-9-8-13(23-2)12-15(16)20-18(22)10-11-19-21-14-6-4-5-7-17(14)25-19/h4-12H,3H2,1-2H3,(H,20,22)/b11-10+. The van der Waals surface area contributed by atoms with Crippen molar-refractivity contribution in [3.63, 3.8) is 0 Å². The van der Waals surface area contributed by atoms with Crippen LogP contribution in [0.5, 0.6) is 11.5 Å². The third kappa shape index (κ3) is 4.16. The lowest BCUT2D eigenvalue weighted by molar-refractivity contribution is -0.111. The van der Waals surface area contributed by atoms with Crippen molar-refractivity contribution in [1.29, 1.82) is 0 Å². The monoisotopic (exact) mass is 354 g/mol. The molecule has 0 aliphatic heterocycles. The number of carbonyl (C=O) groups is 1. The van der Waals surface area contributed by atoms with Gasteiger partial charge in [0, 0.05) is 12.1 Å². The third-order valence-electron chi connectivity index (χ3n) is 3.43. The largest absolute Gasteiger partial charge is 0.497 e. The molecule has 0 aliphatic rings. The van der Waals surface area contributed by atoms with Gasteiger partial charge >= 0.3 is 0 Å². The Morgan fingerprint density at radius 1 is 1.28 bits per heavy atom. The molecular formula is C19H18N2O3S. The molecule has 0 saturated carbocycles. The lowest BCUT2D eigenvalue weighted by Crippen LogP contribution is -2.09. The molecule has 3 aromatic rings. The fourth-order valence-corrected chi connectivity index (χ4v) is 3.17. The minimum Gasteiger partial charge on any atom is -0.497 e. The zero-order valence-electron chi connectivity index (χ0n) is 14.0. The highest BCUT2D eigenvalue weighted by Crippen LogP contribution is 2.29. The first-order chi connectivity index (χ1) is 12.2. The second kappa shape index (κ2) is 7.81. The number of benzene rings is 2. The van der Waals surface area contributed by atoms with Gasteiger partial charge in [0.25, 0.3) is 0 Å². The van der Waals surface area contributed by atoms with Crippen LogP contribution >= 0.6 is 11.3 Å². The fraction of sp³-hybridized carbons (Fsp3) is 0.158. The lowest BCUT2D eigenvalue weighted by Gasteiger charge is -2.11. The maximum atomic E-state index is 12.2. The molecule has 128 valence electrons. The Morgan fingerprint density at radius 2 is 2.12 bits per heavy atom. The summed E-state index contributed by atoms with van der Waals surface area (Å²) in [7, 11) is 1.58. The molecule has 0 atom stereocenters. The van der Waals surface area contributed by atoms with Crippen LogP contribution in [0.1, 0.15) is 11.9 Å². The topological polar surface area (TPSA) is 60.5 Å². The summed E-state index contributed by atoms with van der Waals surface area (Å²) in [4.78, 5) is 16.7. The highest BCUT2D eigenvalue weighted by Gasteiger charge is 2.08. The van der Waals surface area contributed by atoms with E-state index in [9.17, 15) is 4.79 Å². The van der Waals surface area contributed by atoms with E-state index in [1.165, 1.54) is 6.08 Å². The molecule has 1 N–H and O–H groups in total. The summed E-state index contributed by atoms with van der Waals surface area (Å²) >= 11 is 1.54. The summed E-state index contributed by atoms with van der Waals surface area (Å²) in [5, 5.41) is 3.60. The number of hydrogen-bond acceptors (Lipinski definition) is 5. The number of carbonyl (C=O) groups excluding carboxylic acids is 1. The molecule has 0 spiro atoms. The summed E-state index contributed by atoms with van der Waals surface area (Å²) in [6.07, 6.45) is 3.17. The first-order valence-electron chi connectivity index (χ1n) is 7.85. The van der Waals surface area contributed by atoms with Crippen LogP contribution in [-0.4, -0.2) is 24.6 Å². The van der Waals surface area contributed by atoms with E-state index in [4.69, 9.17) is 9.47 Å². The molecule has 0 bridgehead atoms. The van der Waals surface area contributed by atoms with Crippen LogP contribution in [0.15, 0.2) is 48.5 Å². The maximum absolute atomic E-state index is 12.2. The second-order valence-electron chi connectivity index (χ2n) is 5.14. The molecule has 5 nitrogen and oxygen atoms in total. The van der Waals surface area contributed by atoms with E-state index in [-0.39, 0.29) is 5.91 Å². The number of nitrogens with one attached hydrogen (secondary N) is 1. The van der Waals surface area contributed by atoms with Crippen molar-refractivity contribution in [2.24, 2.45) is 0 Å². The summed E-state index contributed by atoms with van der Waals surface area (Å²) in [5.41, 5.74) is 1.50. The Kier molecular flexibility index (Phi) is 5.30. The average molecular weight is 354 g/mol. The zero-order valence-corrected chi connectivity index (χ0v) is 14.8. The van der Waals surface area contributed by atoms with Crippen molar-refractivity contribution < 1.29 is 14.3 Å². The summed E-state index contributed by atoms with van der Waals surface area (Å²) in [6, 6.07) is 13.2. The molecule has 0 unspecified atom stereocenters. The number of hydrogen-bond donors (Lipinski definition) is 1. The Labute approximate surface area is 149 Å². The highest BCUT2D eigenvalue weighted by molar-refractivity contribution is 7.19. The zero-order chi connectivity index (χ0) is 17.6. The van der Waals surface area contributed by atoms with Crippen LogP contribution < -0.4 is 14.8 Å². The molecule has 1 amide bonds. The second-order valence-corrected chi connectivity index (χ2v) is 6.20. The van der Waals surface area contributed by atoms with Gasteiger partial charge in [0.2, 0.25) is 5.91 Å². The van der Waals surface area contributed by atoms with Crippen molar-refractivity contribution >= 4 is 39.2 Å². The molecule has 1 aromatic heterocycles. The predicted molar refractivity (Wildman–Crippen MR) is 101 cm³/mol. The first-order valence-corrected chi connectivity index (χ1v) is 8.66. The van der Waals surface area contributed by atoms with Gasteiger partial charge in [-0.25, -0.2) is 4.98 Å². The van der Waals surface area contributed by atoms with Gasteiger partial charge in [-0.3, -0.25) is 4.79 Å². The number of nitrogens with zero attached hydrogens (tertiary/aromatic N) is 1. The molecule has 0 radical (unpaired) electrons. The smallest absolute Gasteiger partial charge is 0.248 e. The average Bonchev–Trinajstić information content (AvgIpc) is 3.04. The minimum atomic E-state index is -0.256. The number of aromatic nitrogens is 1. The number of fused-ring (bicyclic) bond motifs is 1. The van der Waals surface area contributed by atoms with Crippen LogP contribution in [0.3, 0.4) is 0 Å². The SMILES string of the molecule is CCOc1ccc(OC)cc1NC(=O)/C=C/c1nc2ccccc2s1. The van der Waals surface area contributed by atoms with E-state index >= 15 is 0 Å². The third-order valence-corrected chi connectivity index (χ3v) is 4.43. The van der Waals surface area contributed by atoms with Crippen molar-refractivity contribution in [3.05, 3.63) is 53.5 Å². The molecule has 0 saturated heterocycles. The Bertz CT molecular complexity index is 885. The van der Waals surface area contributed by atoms with Crippen LogP contribution in [0.4, 0.5) is 5.69 Å². The number of anilines is 1. The number of methoxy groups -OCH3 is 1. The van der Waals surface area contributed by atoms with Gasteiger partial charge in [-0.15, -0.1) is 11.3 Å². The molecule has 25 heavy (non-hydrogen) atoms. The van der Waals surface area contributed by atoms with Crippen molar-refractivity contribution in [3.8, 4) is 11.5 Å². The minimum absolute atomic E-state index is 0.256. The van der Waals surface area contributed by atoms with Gasteiger partial charge in [0.05, 0.1) is 29.6 Å². The molecule has 0 aliphatic carbocycles. The number of thiazole rings is 1. The fourth-order valence-electron chi connectivity index (χ4n) is 2.30. The van der Waals surface area contributed by atoms with Crippen molar-refractivity contribution in [1.82, 2.24) is 4.98 Å². The number of amides is 1. The van der Waals surface area contributed by atoms with Gasteiger partial charge in [0.1, 0.15) is 16.5 Å². The molecule has 1 heterocycles. The van der Waals surface area contributed by atoms with E-state index in [2.05, 4.69) is 10.3 Å².